The van der Waals surface area contributed by atoms with Crippen molar-refractivity contribution in [2.24, 2.45) is 7.05 Å². The molecule has 2 aromatic rings. The van der Waals surface area contributed by atoms with E-state index in [9.17, 15) is 14.9 Å². The lowest BCUT2D eigenvalue weighted by atomic mass is 10.4. The van der Waals surface area contributed by atoms with Crippen LogP contribution in [0.1, 0.15) is 0 Å². The minimum Gasteiger partial charge on any atom is -0.312 e. The maximum atomic E-state index is 11.7. The highest BCUT2D eigenvalue weighted by molar-refractivity contribution is 7.99. The molecule has 2 heterocycles. The van der Waals surface area contributed by atoms with Crippen molar-refractivity contribution in [3.05, 3.63) is 34.8 Å². The van der Waals surface area contributed by atoms with Crippen LogP contribution in [0.15, 0.2) is 29.8 Å². The molecule has 9 nitrogen and oxygen atoms in total. The van der Waals surface area contributed by atoms with Crippen LogP contribution >= 0.6 is 11.8 Å². The number of anilines is 1. The number of amides is 1. The molecular formula is C10H10N6O3S. The Morgan fingerprint density at radius 3 is 2.90 bits per heavy atom. The van der Waals surface area contributed by atoms with Gasteiger partial charge in [-0.3, -0.25) is 14.9 Å². The second kappa shape index (κ2) is 6.10. The molecule has 0 spiro atoms. The molecule has 0 fully saturated rings. The van der Waals surface area contributed by atoms with Gasteiger partial charge in [0.1, 0.15) is 18.3 Å². The normalized spacial score (nSPS) is 10.2. The van der Waals surface area contributed by atoms with Crippen LogP contribution in [0.3, 0.4) is 0 Å². The standard InChI is InChI=1S/C10H10N6O3S/c1-15-6-12-14-10(15)20-5-9(17)13-8-3-2-7(4-11-8)16(18)19/h2-4,6H,5H2,1H3,(H,11,13,17). The molecule has 0 unspecified atom stereocenters. The van der Waals surface area contributed by atoms with Crippen LogP contribution in [-0.4, -0.2) is 36.3 Å². The molecular weight excluding hydrogens is 284 g/mol. The minimum atomic E-state index is -0.553. The van der Waals surface area contributed by atoms with Crippen molar-refractivity contribution in [1.29, 1.82) is 0 Å². The van der Waals surface area contributed by atoms with Crippen molar-refractivity contribution in [2.75, 3.05) is 11.1 Å². The number of hydrogen-bond donors (Lipinski definition) is 1. The first kappa shape index (κ1) is 13.9. The van der Waals surface area contributed by atoms with Gasteiger partial charge in [0.25, 0.3) is 5.69 Å². The summed E-state index contributed by atoms with van der Waals surface area (Å²) in [6.45, 7) is 0. The van der Waals surface area contributed by atoms with Gasteiger partial charge in [0.05, 0.1) is 10.7 Å². The Labute approximate surface area is 117 Å². The quantitative estimate of drug-likeness (QED) is 0.493. The van der Waals surface area contributed by atoms with Crippen LogP contribution in [0.25, 0.3) is 0 Å². The fraction of sp³-hybridized carbons (Fsp3) is 0.200. The van der Waals surface area contributed by atoms with E-state index in [-0.39, 0.29) is 23.2 Å². The van der Waals surface area contributed by atoms with E-state index < -0.39 is 4.92 Å². The molecule has 0 bridgehead atoms. The molecule has 2 aromatic heterocycles. The van der Waals surface area contributed by atoms with Crippen molar-refractivity contribution in [2.45, 2.75) is 5.16 Å². The largest absolute Gasteiger partial charge is 0.312 e. The van der Waals surface area contributed by atoms with E-state index in [1.165, 1.54) is 30.2 Å². The number of rotatable bonds is 5. The smallest absolute Gasteiger partial charge is 0.287 e. The average molecular weight is 294 g/mol. The number of carbonyl (C=O) groups is 1. The topological polar surface area (TPSA) is 116 Å². The van der Waals surface area contributed by atoms with Gasteiger partial charge in [0.2, 0.25) is 5.91 Å². The van der Waals surface area contributed by atoms with Crippen LogP contribution in [0.5, 0.6) is 0 Å². The second-order valence-corrected chi connectivity index (χ2v) is 4.66. The summed E-state index contributed by atoms with van der Waals surface area (Å²) >= 11 is 1.23. The van der Waals surface area contributed by atoms with Crippen molar-refractivity contribution in [3.63, 3.8) is 0 Å². The second-order valence-electron chi connectivity index (χ2n) is 3.72. The van der Waals surface area contributed by atoms with E-state index in [4.69, 9.17) is 0 Å². The predicted molar refractivity (Wildman–Crippen MR) is 71.2 cm³/mol. The van der Waals surface area contributed by atoms with Crippen molar-refractivity contribution < 1.29 is 9.72 Å². The van der Waals surface area contributed by atoms with Gasteiger partial charge < -0.3 is 9.88 Å². The number of nitrogens with one attached hydrogen (secondary N) is 1. The number of pyridine rings is 1. The van der Waals surface area contributed by atoms with E-state index in [1.54, 1.807) is 11.6 Å². The number of aromatic nitrogens is 4. The summed E-state index contributed by atoms with van der Waals surface area (Å²) in [6.07, 6.45) is 2.63. The summed E-state index contributed by atoms with van der Waals surface area (Å²) in [4.78, 5) is 25.4. The number of nitro groups is 1. The van der Waals surface area contributed by atoms with E-state index in [1.807, 2.05) is 0 Å². The SMILES string of the molecule is Cn1cnnc1SCC(=O)Nc1ccc([N+](=O)[O-])cn1. The van der Waals surface area contributed by atoms with Crippen LogP contribution in [0.4, 0.5) is 11.5 Å². The van der Waals surface area contributed by atoms with E-state index in [2.05, 4.69) is 20.5 Å². The zero-order chi connectivity index (χ0) is 14.5. The summed E-state index contributed by atoms with van der Waals surface area (Å²) in [5.41, 5.74) is -0.128. The van der Waals surface area contributed by atoms with E-state index in [0.717, 1.165) is 6.20 Å². The highest BCUT2D eigenvalue weighted by Crippen LogP contribution is 2.15. The zero-order valence-corrected chi connectivity index (χ0v) is 11.2. The summed E-state index contributed by atoms with van der Waals surface area (Å²) in [5.74, 6) is 0.129. The number of thioether (sulfide) groups is 1. The molecule has 0 aromatic carbocycles. The first-order valence-electron chi connectivity index (χ1n) is 5.43. The Bertz CT molecular complexity index is 626. The van der Waals surface area contributed by atoms with Gasteiger partial charge in [-0.05, 0) is 6.07 Å². The lowest BCUT2D eigenvalue weighted by Crippen LogP contribution is -2.15. The fourth-order valence-corrected chi connectivity index (χ4v) is 1.97. The van der Waals surface area contributed by atoms with Gasteiger partial charge in [0, 0.05) is 13.1 Å². The summed E-state index contributed by atoms with van der Waals surface area (Å²) in [6, 6.07) is 2.65. The maximum absolute atomic E-state index is 11.7. The van der Waals surface area contributed by atoms with Gasteiger partial charge in [0.15, 0.2) is 5.16 Å². The Morgan fingerprint density at radius 2 is 2.35 bits per heavy atom. The molecule has 0 aliphatic rings. The monoisotopic (exact) mass is 294 g/mol. The zero-order valence-electron chi connectivity index (χ0n) is 10.4. The highest BCUT2D eigenvalue weighted by Gasteiger charge is 2.09. The van der Waals surface area contributed by atoms with Gasteiger partial charge in [-0.2, -0.15) is 0 Å². The minimum absolute atomic E-state index is 0.128. The van der Waals surface area contributed by atoms with Crippen molar-refractivity contribution >= 4 is 29.2 Å². The molecule has 0 saturated carbocycles. The first-order chi connectivity index (χ1) is 9.56. The van der Waals surface area contributed by atoms with Gasteiger partial charge >= 0.3 is 0 Å². The third-order valence-corrected chi connectivity index (χ3v) is 3.26. The molecule has 10 heteroatoms. The third-order valence-electron chi connectivity index (χ3n) is 2.23. The molecule has 0 atom stereocenters. The van der Waals surface area contributed by atoms with Gasteiger partial charge in [-0.25, -0.2) is 4.98 Å². The number of hydrogen-bond acceptors (Lipinski definition) is 7. The van der Waals surface area contributed by atoms with Crippen molar-refractivity contribution in [1.82, 2.24) is 19.7 Å². The predicted octanol–water partition coefficient (Wildman–Crippen LogP) is 0.849. The van der Waals surface area contributed by atoms with Crippen LogP contribution in [0, 0.1) is 10.1 Å². The van der Waals surface area contributed by atoms with Crippen LogP contribution < -0.4 is 5.32 Å². The summed E-state index contributed by atoms with van der Waals surface area (Å²) < 4.78 is 1.70. The highest BCUT2D eigenvalue weighted by atomic mass is 32.2. The Morgan fingerprint density at radius 1 is 1.55 bits per heavy atom. The average Bonchev–Trinajstić information content (AvgIpc) is 2.82. The summed E-state index contributed by atoms with van der Waals surface area (Å²) in [5, 5.41) is 21.1. The number of carbonyl (C=O) groups excluding carboxylic acids is 1. The van der Waals surface area contributed by atoms with Gasteiger partial charge in [-0.15, -0.1) is 10.2 Å². The van der Waals surface area contributed by atoms with Crippen molar-refractivity contribution in [3.8, 4) is 0 Å². The third kappa shape index (κ3) is 3.51. The number of aryl methyl sites for hydroxylation is 1. The first-order valence-corrected chi connectivity index (χ1v) is 6.42. The maximum Gasteiger partial charge on any atom is 0.287 e. The molecule has 1 N–H and O–H groups in total. The molecule has 0 saturated heterocycles. The Balaban J connectivity index is 1.88. The van der Waals surface area contributed by atoms with Crippen LogP contribution in [0.2, 0.25) is 0 Å². The van der Waals surface area contributed by atoms with E-state index in [0.29, 0.717) is 5.16 Å². The number of nitrogens with zero attached hydrogens (tertiary/aromatic N) is 5. The Hall–Kier alpha value is -2.49. The molecule has 0 aliphatic heterocycles. The van der Waals surface area contributed by atoms with Crippen LogP contribution in [-0.2, 0) is 11.8 Å². The molecule has 20 heavy (non-hydrogen) atoms. The molecule has 1 amide bonds. The lowest BCUT2D eigenvalue weighted by molar-refractivity contribution is -0.385. The molecule has 2 rings (SSSR count). The molecule has 0 radical (unpaired) electrons. The molecule has 104 valence electrons. The van der Waals surface area contributed by atoms with Gasteiger partial charge in [-0.1, -0.05) is 11.8 Å². The summed E-state index contributed by atoms with van der Waals surface area (Å²) in [7, 11) is 1.78. The fourth-order valence-electron chi connectivity index (χ4n) is 1.28. The lowest BCUT2D eigenvalue weighted by Gasteiger charge is -2.03. The molecule has 0 aliphatic carbocycles. The Kier molecular flexibility index (Phi) is 4.25. The van der Waals surface area contributed by atoms with E-state index >= 15 is 0 Å².